The highest BCUT2D eigenvalue weighted by atomic mass is 16.5. The predicted molar refractivity (Wildman–Crippen MR) is 51.0 cm³/mol. The third-order valence-corrected chi connectivity index (χ3v) is 2.80. The van der Waals surface area contributed by atoms with Crippen LogP contribution in [0.3, 0.4) is 0 Å². The summed E-state index contributed by atoms with van der Waals surface area (Å²) < 4.78 is 5.74. The number of hydrogen-bond acceptors (Lipinski definition) is 2. The van der Waals surface area contributed by atoms with Crippen molar-refractivity contribution in [3.63, 3.8) is 0 Å². The average Bonchev–Trinajstić information content (AvgIpc) is 2.47. The molecule has 1 saturated carbocycles. The van der Waals surface area contributed by atoms with Crippen molar-refractivity contribution in [2.45, 2.75) is 51.7 Å². The summed E-state index contributed by atoms with van der Waals surface area (Å²) in [5.74, 6) is 0.679. The van der Waals surface area contributed by atoms with Gasteiger partial charge in [-0.05, 0) is 25.2 Å². The van der Waals surface area contributed by atoms with Crippen molar-refractivity contribution >= 4 is 0 Å². The van der Waals surface area contributed by atoms with Crippen LogP contribution in [0, 0.1) is 5.92 Å². The fourth-order valence-electron chi connectivity index (χ4n) is 1.57. The summed E-state index contributed by atoms with van der Waals surface area (Å²) >= 11 is 0. The zero-order valence-electron chi connectivity index (χ0n) is 8.25. The number of hydrogen-bond donors (Lipinski definition) is 1. The maximum atomic E-state index is 5.88. The molecule has 0 radical (unpaired) electrons. The van der Waals surface area contributed by atoms with Crippen molar-refractivity contribution in [3.8, 4) is 0 Å². The van der Waals surface area contributed by atoms with Crippen LogP contribution >= 0.6 is 0 Å². The first-order chi connectivity index (χ1) is 5.74. The van der Waals surface area contributed by atoms with E-state index in [2.05, 4.69) is 13.8 Å². The molecule has 2 N–H and O–H groups in total. The largest absolute Gasteiger partial charge is 0.376 e. The highest BCUT2D eigenvalue weighted by molar-refractivity contribution is 4.80. The van der Waals surface area contributed by atoms with Gasteiger partial charge in [0, 0.05) is 12.6 Å². The van der Waals surface area contributed by atoms with Crippen molar-refractivity contribution in [2.75, 3.05) is 6.61 Å². The highest BCUT2D eigenvalue weighted by Crippen LogP contribution is 2.21. The van der Waals surface area contributed by atoms with Gasteiger partial charge in [0.2, 0.25) is 0 Å². The van der Waals surface area contributed by atoms with Gasteiger partial charge in [0.05, 0.1) is 6.10 Å². The van der Waals surface area contributed by atoms with Crippen molar-refractivity contribution in [2.24, 2.45) is 11.7 Å². The molecule has 2 nitrogen and oxygen atoms in total. The minimum Gasteiger partial charge on any atom is -0.376 e. The van der Waals surface area contributed by atoms with Gasteiger partial charge in [-0.2, -0.15) is 0 Å². The van der Waals surface area contributed by atoms with E-state index in [0.29, 0.717) is 18.1 Å². The lowest BCUT2D eigenvalue weighted by molar-refractivity contribution is 0.0274. The van der Waals surface area contributed by atoms with E-state index in [4.69, 9.17) is 10.5 Å². The van der Waals surface area contributed by atoms with Crippen LogP contribution in [0.1, 0.15) is 39.5 Å². The van der Waals surface area contributed by atoms with Crippen LogP contribution in [0.25, 0.3) is 0 Å². The quantitative estimate of drug-likeness (QED) is 0.701. The Morgan fingerprint density at radius 3 is 2.75 bits per heavy atom. The first-order valence-electron chi connectivity index (χ1n) is 5.11. The molecular weight excluding hydrogens is 150 g/mol. The maximum absolute atomic E-state index is 5.88. The Hall–Kier alpha value is -0.0800. The van der Waals surface area contributed by atoms with Crippen LogP contribution in [-0.2, 0) is 4.74 Å². The topological polar surface area (TPSA) is 35.2 Å². The third kappa shape index (κ3) is 2.76. The molecule has 2 heteroatoms. The predicted octanol–water partition coefficient (Wildman–Crippen LogP) is 1.93. The van der Waals surface area contributed by atoms with Gasteiger partial charge in [0.1, 0.15) is 0 Å². The molecule has 12 heavy (non-hydrogen) atoms. The van der Waals surface area contributed by atoms with Crippen LogP contribution in [0.15, 0.2) is 0 Å². The van der Waals surface area contributed by atoms with Crippen molar-refractivity contribution in [1.82, 2.24) is 0 Å². The van der Waals surface area contributed by atoms with Crippen LogP contribution in [0.2, 0.25) is 0 Å². The first kappa shape index (κ1) is 10.0. The summed E-state index contributed by atoms with van der Waals surface area (Å²) in [6, 6.07) is 0.300. The molecule has 0 aromatic heterocycles. The lowest BCUT2D eigenvalue weighted by Crippen LogP contribution is -2.32. The van der Waals surface area contributed by atoms with E-state index in [1.807, 2.05) is 0 Å². The van der Waals surface area contributed by atoms with E-state index in [1.165, 1.54) is 12.8 Å². The molecular formula is C10H21NO. The molecule has 0 aromatic carbocycles. The number of rotatable bonds is 4. The van der Waals surface area contributed by atoms with Crippen LogP contribution in [-0.4, -0.2) is 18.8 Å². The van der Waals surface area contributed by atoms with E-state index in [9.17, 15) is 0 Å². The molecule has 0 bridgehead atoms. The smallest absolute Gasteiger partial charge is 0.0726 e. The summed E-state index contributed by atoms with van der Waals surface area (Å²) in [6.07, 6.45) is 5.09. The van der Waals surface area contributed by atoms with E-state index in [0.717, 1.165) is 19.4 Å². The Morgan fingerprint density at radius 2 is 2.25 bits per heavy atom. The maximum Gasteiger partial charge on any atom is 0.0726 e. The van der Waals surface area contributed by atoms with Crippen molar-refractivity contribution in [1.29, 1.82) is 0 Å². The van der Waals surface area contributed by atoms with Gasteiger partial charge >= 0.3 is 0 Å². The van der Waals surface area contributed by atoms with Crippen LogP contribution < -0.4 is 5.73 Å². The van der Waals surface area contributed by atoms with E-state index in [-0.39, 0.29) is 0 Å². The minimum atomic E-state index is 0.300. The summed E-state index contributed by atoms with van der Waals surface area (Å²) in [4.78, 5) is 0. The number of ether oxygens (including phenoxy) is 1. The van der Waals surface area contributed by atoms with E-state index >= 15 is 0 Å². The van der Waals surface area contributed by atoms with Gasteiger partial charge < -0.3 is 10.5 Å². The zero-order chi connectivity index (χ0) is 8.97. The molecule has 3 unspecified atom stereocenters. The monoisotopic (exact) mass is 171 g/mol. The molecule has 0 saturated heterocycles. The van der Waals surface area contributed by atoms with Gasteiger partial charge in [-0.15, -0.1) is 0 Å². The van der Waals surface area contributed by atoms with Crippen LogP contribution in [0.4, 0.5) is 0 Å². The Morgan fingerprint density at radius 1 is 1.50 bits per heavy atom. The van der Waals surface area contributed by atoms with Gasteiger partial charge in [0.25, 0.3) is 0 Å². The molecule has 0 aromatic rings. The van der Waals surface area contributed by atoms with E-state index < -0.39 is 0 Å². The minimum absolute atomic E-state index is 0.300. The molecule has 1 aliphatic rings. The van der Waals surface area contributed by atoms with Crippen molar-refractivity contribution < 1.29 is 4.74 Å². The Bertz CT molecular complexity index is 127. The molecule has 0 spiro atoms. The number of nitrogens with two attached hydrogens (primary N) is 1. The summed E-state index contributed by atoms with van der Waals surface area (Å²) in [6.45, 7) is 5.30. The molecule has 1 rings (SSSR count). The standard InChI is InChI=1S/C10H21NO/c1-3-8(2)7-12-10-6-4-5-9(10)11/h8-10H,3-7,11H2,1-2H3. The fourth-order valence-corrected chi connectivity index (χ4v) is 1.57. The normalized spacial score (nSPS) is 32.2. The molecule has 1 fully saturated rings. The summed E-state index contributed by atoms with van der Waals surface area (Å²) in [5.41, 5.74) is 5.88. The lowest BCUT2D eigenvalue weighted by atomic mass is 10.1. The average molecular weight is 171 g/mol. The Balaban J connectivity index is 2.13. The Labute approximate surface area is 75.5 Å². The highest BCUT2D eigenvalue weighted by Gasteiger charge is 2.24. The van der Waals surface area contributed by atoms with Crippen molar-refractivity contribution in [3.05, 3.63) is 0 Å². The van der Waals surface area contributed by atoms with Crippen LogP contribution in [0.5, 0.6) is 0 Å². The zero-order valence-corrected chi connectivity index (χ0v) is 8.25. The Kier molecular flexibility index (Phi) is 4.02. The molecule has 1 aliphatic carbocycles. The molecule has 3 atom stereocenters. The first-order valence-corrected chi connectivity index (χ1v) is 5.11. The molecule has 0 heterocycles. The second kappa shape index (κ2) is 4.83. The lowest BCUT2D eigenvalue weighted by Gasteiger charge is -2.18. The third-order valence-electron chi connectivity index (χ3n) is 2.80. The van der Waals surface area contributed by atoms with Gasteiger partial charge in [-0.1, -0.05) is 20.3 Å². The summed E-state index contributed by atoms with van der Waals surface area (Å²) in [7, 11) is 0. The van der Waals surface area contributed by atoms with Gasteiger partial charge in [-0.3, -0.25) is 0 Å². The molecule has 0 amide bonds. The second-order valence-corrected chi connectivity index (χ2v) is 3.98. The van der Waals surface area contributed by atoms with Gasteiger partial charge in [-0.25, -0.2) is 0 Å². The summed E-state index contributed by atoms with van der Waals surface area (Å²) in [5, 5.41) is 0. The SMILES string of the molecule is CCC(C)COC1CCCC1N. The molecule has 72 valence electrons. The second-order valence-electron chi connectivity index (χ2n) is 3.98. The van der Waals surface area contributed by atoms with Gasteiger partial charge in [0.15, 0.2) is 0 Å². The molecule has 0 aliphatic heterocycles. The van der Waals surface area contributed by atoms with E-state index in [1.54, 1.807) is 0 Å². The fraction of sp³-hybridized carbons (Fsp3) is 1.00.